The molecule has 1 aromatic heterocycles. The van der Waals surface area contributed by atoms with E-state index in [4.69, 9.17) is 11.6 Å². The maximum absolute atomic E-state index is 9.42. The number of halogens is 1. The number of aromatic nitrogens is 2. The normalized spacial score (nSPS) is 11.9. The van der Waals surface area contributed by atoms with Crippen molar-refractivity contribution in [1.82, 2.24) is 9.97 Å². The van der Waals surface area contributed by atoms with E-state index in [1.807, 2.05) is 19.1 Å². The standard InChI is InChI=1S/C16H20ClN3O.Na.H/c1-4-13-14(17)16(19-9-18-13)20-15(10(2)3)11-5-7-12(21)8-6-11;;/h5-10,15,21H,4H2,1-3H3,(H,18,19,20);;. The van der Waals surface area contributed by atoms with Crippen LogP contribution in [0.25, 0.3) is 0 Å². The van der Waals surface area contributed by atoms with Gasteiger partial charge in [-0.1, -0.05) is 44.5 Å². The van der Waals surface area contributed by atoms with Crippen LogP contribution in [0.2, 0.25) is 5.02 Å². The van der Waals surface area contributed by atoms with Crippen LogP contribution in [0.15, 0.2) is 30.6 Å². The molecule has 0 aliphatic heterocycles. The topological polar surface area (TPSA) is 58.0 Å². The van der Waals surface area contributed by atoms with Gasteiger partial charge in [-0.2, -0.15) is 0 Å². The molecule has 4 nitrogen and oxygen atoms in total. The van der Waals surface area contributed by atoms with E-state index in [0.717, 1.165) is 17.7 Å². The van der Waals surface area contributed by atoms with E-state index >= 15 is 0 Å². The number of aromatic hydroxyl groups is 1. The third-order valence-corrected chi connectivity index (χ3v) is 3.80. The molecular weight excluding hydrogens is 309 g/mol. The van der Waals surface area contributed by atoms with Gasteiger partial charge in [0.2, 0.25) is 0 Å². The molecule has 2 N–H and O–H groups in total. The van der Waals surface area contributed by atoms with Crippen molar-refractivity contribution in [3.63, 3.8) is 0 Å². The second kappa shape index (κ2) is 8.73. The molecule has 1 unspecified atom stereocenters. The fourth-order valence-electron chi connectivity index (χ4n) is 2.22. The Hall–Kier alpha value is -0.810. The van der Waals surface area contributed by atoms with Crippen LogP contribution in [-0.2, 0) is 6.42 Å². The fraction of sp³-hybridized carbons (Fsp3) is 0.375. The first-order chi connectivity index (χ1) is 10.0. The Bertz CT molecular complexity index is 605. The summed E-state index contributed by atoms with van der Waals surface area (Å²) in [6.07, 6.45) is 2.29. The van der Waals surface area contributed by atoms with Gasteiger partial charge >= 0.3 is 29.6 Å². The molecule has 114 valence electrons. The summed E-state index contributed by atoms with van der Waals surface area (Å²) in [5, 5.41) is 13.4. The molecule has 2 aromatic rings. The second-order valence-electron chi connectivity index (χ2n) is 5.29. The summed E-state index contributed by atoms with van der Waals surface area (Å²) in [4.78, 5) is 8.43. The number of hydrogen-bond acceptors (Lipinski definition) is 4. The van der Waals surface area contributed by atoms with E-state index < -0.39 is 0 Å². The third kappa shape index (κ3) is 4.59. The molecule has 1 aromatic carbocycles. The van der Waals surface area contributed by atoms with E-state index in [1.54, 1.807) is 12.1 Å². The average molecular weight is 330 g/mol. The summed E-state index contributed by atoms with van der Waals surface area (Å²) in [5.41, 5.74) is 1.91. The van der Waals surface area contributed by atoms with E-state index in [9.17, 15) is 5.11 Å². The molecule has 0 aliphatic carbocycles. The number of rotatable bonds is 5. The van der Waals surface area contributed by atoms with Crippen LogP contribution in [0.4, 0.5) is 5.82 Å². The Balaban J connectivity index is 0.00000242. The number of nitrogens with one attached hydrogen (secondary N) is 1. The summed E-state index contributed by atoms with van der Waals surface area (Å²) in [5.74, 6) is 1.25. The van der Waals surface area contributed by atoms with Crippen LogP contribution in [0.3, 0.4) is 0 Å². The Morgan fingerprint density at radius 2 is 1.82 bits per heavy atom. The molecule has 0 spiro atoms. The van der Waals surface area contributed by atoms with Crippen LogP contribution in [-0.4, -0.2) is 44.6 Å². The van der Waals surface area contributed by atoms with Crippen molar-refractivity contribution in [2.75, 3.05) is 5.32 Å². The number of phenols is 1. The monoisotopic (exact) mass is 329 g/mol. The number of phenolic OH excluding ortho intramolecular Hbond substituents is 1. The molecule has 0 fully saturated rings. The third-order valence-electron chi connectivity index (χ3n) is 3.41. The van der Waals surface area contributed by atoms with Gasteiger partial charge < -0.3 is 10.4 Å². The first kappa shape index (κ1) is 19.2. The zero-order chi connectivity index (χ0) is 15.4. The van der Waals surface area contributed by atoms with Crippen molar-refractivity contribution in [3.8, 4) is 5.75 Å². The predicted molar refractivity (Wildman–Crippen MR) is 92.9 cm³/mol. The number of aryl methyl sites for hydroxylation is 1. The molecule has 1 heterocycles. The molecule has 0 amide bonds. The Morgan fingerprint density at radius 3 is 2.36 bits per heavy atom. The SMILES string of the molecule is CCc1ncnc(NC(c2ccc(O)cc2)C(C)C)c1Cl.[NaH]. The van der Waals surface area contributed by atoms with E-state index in [2.05, 4.69) is 29.1 Å². The quantitative estimate of drug-likeness (QED) is 0.823. The molecule has 0 saturated carbocycles. The van der Waals surface area contributed by atoms with Gasteiger partial charge in [-0.25, -0.2) is 9.97 Å². The molecule has 0 bridgehead atoms. The molecule has 2 rings (SSSR count). The zero-order valence-electron chi connectivity index (χ0n) is 12.5. The first-order valence-corrected chi connectivity index (χ1v) is 7.45. The average Bonchev–Trinajstić information content (AvgIpc) is 2.47. The minimum atomic E-state index is 0. The van der Waals surface area contributed by atoms with Crippen molar-refractivity contribution in [2.24, 2.45) is 5.92 Å². The van der Waals surface area contributed by atoms with Gasteiger partial charge in [0.05, 0.1) is 11.7 Å². The maximum atomic E-state index is 9.42. The molecule has 1 atom stereocenters. The summed E-state index contributed by atoms with van der Waals surface area (Å²) >= 11 is 6.34. The van der Waals surface area contributed by atoms with E-state index in [-0.39, 0.29) is 41.3 Å². The summed E-state index contributed by atoms with van der Waals surface area (Å²) < 4.78 is 0. The van der Waals surface area contributed by atoms with Crippen molar-refractivity contribution >= 4 is 47.0 Å². The number of hydrogen-bond donors (Lipinski definition) is 2. The van der Waals surface area contributed by atoms with Crippen molar-refractivity contribution in [1.29, 1.82) is 0 Å². The Morgan fingerprint density at radius 1 is 1.18 bits per heavy atom. The van der Waals surface area contributed by atoms with Crippen LogP contribution in [0.5, 0.6) is 5.75 Å². The van der Waals surface area contributed by atoms with Crippen molar-refractivity contribution < 1.29 is 5.11 Å². The second-order valence-corrected chi connectivity index (χ2v) is 5.67. The number of benzene rings is 1. The molecular formula is C16H21ClN3NaO. The summed E-state index contributed by atoms with van der Waals surface area (Å²) in [6.45, 7) is 6.26. The fourth-order valence-corrected chi connectivity index (χ4v) is 2.50. The molecule has 6 heteroatoms. The van der Waals surface area contributed by atoms with Crippen LogP contribution in [0, 0.1) is 5.92 Å². The predicted octanol–water partition coefficient (Wildman–Crippen LogP) is 3.56. The van der Waals surface area contributed by atoms with Gasteiger partial charge in [0.1, 0.15) is 22.9 Å². The summed E-state index contributed by atoms with van der Waals surface area (Å²) in [7, 11) is 0. The Labute approximate surface area is 158 Å². The van der Waals surface area contributed by atoms with Crippen LogP contribution in [0.1, 0.15) is 38.1 Å². The van der Waals surface area contributed by atoms with Gasteiger partial charge in [-0.15, -0.1) is 0 Å². The zero-order valence-corrected chi connectivity index (χ0v) is 13.2. The van der Waals surface area contributed by atoms with Crippen molar-refractivity contribution in [2.45, 2.75) is 33.2 Å². The summed E-state index contributed by atoms with van der Waals surface area (Å²) in [6, 6.07) is 7.24. The van der Waals surface area contributed by atoms with Gasteiger partial charge in [0.15, 0.2) is 0 Å². The molecule has 0 radical (unpaired) electrons. The molecule has 0 saturated heterocycles. The van der Waals surface area contributed by atoms with E-state index in [1.165, 1.54) is 6.33 Å². The van der Waals surface area contributed by atoms with Gasteiger partial charge in [-0.3, -0.25) is 0 Å². The number of nitrogens with zero attached hydrogens (tertiary/aromatic N) is 2. The van der Waals surface area contributed by atoms with Crippen LogP contribution >= 0.6 is 11.6 Å². The number of anilines is 1. The van der Waals surface area contributed by atoms with Gasteiger partial charge in [0.25, 0.3) is 0 Å². The Kier molecular flexibility index (Phi) is 7.63. The van der Waals surface area contributed by atoms with Gasteiger partial charge in [-0.05, 0) is 30.0 Å². The molecule has 0 aliphatic rings. The minimum absolute atomic E-state index is 0. The van der Waals surface area contributed by atoms with E-state index in [0.29, 0.717) is 16.8 Å². The molecule has 22 heavy (non-hydrogen) atoms. The van der Waals surface area contributed by atoms with Crippen LogP contribution < -0.4 is 5.32 Å². The van der Waals surface area contributed by atoms with Crippen molar-refractivity contribution in [3.05, 3.63) is 46.9 Å². The van der Waals surface area contributed by atoms with Gasteiger partial charge in [0, 0.05) is 0 Å². The first-order valence-electron chi connectivity index (χ1n) is 7.07.